The van der Waals surface area contributed by atoms with Gasteiger partial charge >= 0.3 is 0 Å². The summed E-state index contributed by atoms with van der Waals surface area (Å²) >= 11 is 0. The Morgan fingerprint density at radius 3 is 1.88 bits per heavy atom. The monoisotopic (exact) mass is 496 g/mol. The van der Waals surface area contributed by atoms with E-state index in [9.17, 15) is 10.1 Å². The Labute approximate surface area is 202 Å². The number of aromatic nitrogens is 1. The van der Waals surface area contributed by atoms with Crippen molar-refractivity contribution in [3.8, 4) is 0 Å². The van der Waals surface area contributed by atoms with Crippen LogP contribution in [0.4, 0.5) is 5.69 Å². The van der Waals surface area contributed by atoms with Crippen LogP contribution in [0.3, 0.4) is 0 Å². The summed E-state index contributed by atoms with van der Waals surface area (Å²) < 4.78 is 20.7. The van der Waals surface area contributed by atoms with Gasteiger partial charge in [-0.25, -0.2) is 0 Å². The first-order valence-electron chi connectivity index (χ1n) is 12.8. The number of nitrogens with zero attached hydrogens (tertiary/aromatic N) is 2. The Morgan fingerprint density at radius 1 is 0.939 bits per heavy atom. The van der Waals surface area contributed by atoms with Gasteiger partial charge in [-0.3, -0.25) is 15.1 Å². The summed E-state index contributed by atoms with van der Waals surface area (Å²) in [5.74, 6) is -0.0823. The zero-order chi connectivity index (χ0) is 24.8. The van der Waals surface area contributed by atoms with Crippen LogP contribution in [0, 0.1) is 16.0 Å². The average molecular weight is 497 g/mol. The van der Waals surface area contributed by atoms with Crippen molar-refractivity contribution in [3.63, 3.8) is 0 Å². The van der Waals surface area contributed by atoms with Gasteiger partial charge < -0.3 is 13.6 Å². The van der Waals surface area contributed by atoms with Gasteiger partial charge in [0, 0.05) is 12.1 Å². The maximum absolute atomic E-state index is 11.7. The molecule has 0 aliphatic carbocycles. The minimum absolute atomic E-state index is 0.00375. The van der Waals surface area contributed by atoms with Gasteiger partial charge in [0.05, 0.1) is 34.9 Å². The van der Waals surface area contributed by atoms with Crippen LogP contribution < -0.4 is 0 Å². The van der Waals surface area contributed by atoms with E-state index in [0.717, 1.165) is 36.3 Å². The molecule has 1 aliphatic rings. The third-order valence-electron chi connectivity index (χ3n) is 8.12. The molecule has 9 heteroatoms. The van der Waals surface area contributed by atoms with E-state index in [-0.39, 0.29) is 34.8 Å². The van der Waals surface area contributed by atoms with Crippen molar-refractivity contribution in [2.75, 3.05) is 0 Å². The molecule has 7 nitrogen and oxygen atoms in total. The van der Waals surface area contributed by atoms with Gasteiger partial charge in [0.1, 0.15) is 6.20 Å². The fraction of sp³-hybridized carbons (Fsp3) is 0.792. The standard InChI is InChI=1S/C24H44N2O5Si2/c1-9-32(10-2,11-3)30-23-18(7)22(20-15-16-25-17-21(20)26(27)28)29-19(8)24(23)31-33(12-4,13-5)14-6/h15-19,22-24H,9-14H2,1-8H3/t18-,19-,22-,23-,24-/m1/s1. The minimum Gasteiger partial charge on any atom is -0.411 e. The topological polar surface area (TPSA) is 83.7 Å². The quantitative estimate of drug-likeness (QED) is 0.178. The molecular formula is C24H44N2O5Si2. The molecule has 0 spiro atoms. The number of nitro groups is 1. The van der Waals surface area contributed by atoms with E-state index < -0.39 is 22.7 Å². The molecule has 1 fully saturated rings. The zero-order valence-electron chi connectivity index (χ0n) is 21.8. The van der Waals surface area contributed by atoms with E-state index in [1.54, 1.807) is 12.3 Å². The fourth-order valence-electron chi connectivity index (χ4n) is 5.23. The van der Waals surface area contributed by atoms with E-state index in [4.69, 9.17) is 13.6 Å². The third-order valence-corrected chi connectivity index (χ3v) is 17.4. The summed E-state index contributed by atoms with van der Waals surface area (Å²) in [4.78, 5) is 15.3. The number of hydrogen-bond acceptors (Lipinski definition) is 6. The van der Waals surface area contributed by atoms with Crippen molar-refractivity contribution in [2.24, 2.45) is 5.92 Å². The van der Waals surface area contributed by atoms with Crippen LogP contribution in [0.15, 0.2) is 18.5 Å². The highest BCUT2D eigenvalue weighted by Crippen LogP contribution is 2.44. The molecule has 1 saturated heterocycles. The number of pyridine rings is 1. The SMILES string of the molecule is CC[Si](CC)(CC)O[C@@H]1[C@H](C)[C@H](c2ccncc2[N+](=O)[O-])O[C@H](C)[C@H]1O[Si](CC)(CC)CC. The smallest absolute Gasteiger partial charge is 0.293 e. The lowest BCUT2D eigenvalue weighted by Crippen LogP contribution is -2.59. The van der Waals surface area contributed by atoms with Crippen LogP contribution in [-0.2, 0) is 13.6 Å². The van der Waals surface area contributed by atoms with Crippen molar-refractivity contribution in [2.45, 2.75) is 116 Å². The summed E-state index contributed by atoms with van der Waals surface area (Å²) in [6.07, 6.45) is 1.94. The van der Waals surface area contributed by atoms with Gasteiger partial charge in [-0.05, 0) is 49.3 Å². The molecule has 33 heavy (non-hydrogen) atoms. The highest BCUT2D eigenvalue weighted by molar-refractivity contribution is 6.74. The van der Waals surface area contributed by atoms with Gasteiger partial charge in [0.15, 0.2) is 16.6 Å². The van der Waals surface area contributed by atoms with Gasteiger partial charge in [-0.1, -0.05) is 48.5 Å². The maximum atomic E-state index is 11.7. The van der Waals surface area contributed by atoms with Gasteiger partial charge in [0.2, 0.25) is 0 Å². The van der Waals surface area contributed by atoms with E-state index in [1.165, 1.54) is 6.20 Å². The third kappa shape index (κ3) is 5.93. The lowest BCUT2D eigenvalue weighted by atomic mass is 9.85. The number of ether oxygens (including phenoxy) is 1. The van der Waals surface area contributed by atoms with Crippen LogP contribution in [0.5, 0.6) is 0 Å². The van der Waals surface area contributed by atoms with Crippen molar-refractivity contribution in [1.82, 2.24) is 4.98 Å². The minimum atomic E-state index is -1.96. The maximum Gasteiger partial charge on any atom is 0.293 e. The lowest BCUT2D eigenvalue weighted by Gasteiger charge is -2.50. The molecule has 188 valence electrons. The molecule has 0 bridgehead atoms. The van der Waals surface area contributed by atoms with Crippen molar-refractivity contribution in [3.05, 3.63) is 34.1 Å². The molecule has 0 unspecified atom stereocenters. The summed E-state index contributed by atoms with van der Waals surface area (Å²) in [6, 6.07) is 8.03. The summed E-state index contributed by atoms with van der Waals surface area (Å²) in [6.45, 7) is 17.6. The highest BCUT2D eigenvalue weighted by Gasteiger charge is 2.50. The Morgan fingerprint density at radius 2 is 1.42 bits per heavy atom. The molecule has 2 rings (SSSR count). The molecular weight excluding hydrogens is 452 g/mol. The lowest BCUT2D eigenvalue weighted by molar-refractivity contribution is -0.387. The van der Waals surface area contributed by atoms with Crippen LogP contribution in [-0.4, -0.2) is 44.9 Å². The van der Waals surface area contributed by atoms with Crippen LogP contribution in [0.2, 0.25) is 36.3 Å². The predicted octanol–water partition coefficient (Wildman–Crippen LogP) is 6.87. The van der Waals surface area contributed by atoms with Gasteiger partial charge in [0.25, 0.3) is 5.69 Å². The Hall–Kier alpha value is -1.14. The average Bonchev–Trinajstić information content (AvgIpc) is 2.84. The second-order valence-corrected chi connectivity index (χ2v) is 18.9. The largest absolute Gasteiger partial charge is 0.411 e. The molecule has 0 aromatic carbocycles. The van der Waals surface area contributed by atoms with E-state index in [0.29, 0.717) is 5.56 Å². The number of rotatable bonds is 12. The molecule has 0 saturated carbocycles. The molecule has 5 atom stereocenters. The second kappa shape index (κ2) is 12.0. The van der Waals surface area contributed by atoms with Crippen molar-refractivity contribution in [1.29, 1.82) is 0 Å². The first kappa shape index (κ1) is 28.1. The molecule has 2 heterocycles. The van der Waals surface area contributed by atoms with Crippen molar-refractivity contribution >= 4 is 22.3 Å². The van der Waals surface area contributed by atoms with Gasteiger partial charge in [-0.2, -0.15) is 0 Å². The normalized spacial score (nSPS) is 26.4. The summed E-state index contributed by atoms with van der Waals surface area (Å²) in [5, 5.41) is 11.7. The van der Waals surface area contributed by atoms with Crippen LogP contribution in [0.1, 0.15) is 67.1 Å². The van der Waals surface area contributed by atoms with E-state index in [1.807, 2.05) is 6.92 Å². The fourth-order valence-corrected chi connectivity index (χ4v) is 11.1. The van der Waals surface area contributed by atoms with Crippen LogP contribution in [0.25, 0.3) is 0 Å². The Balaban J connectivity index is 2.54. The van der Waals surface area contributed by atoms with Crippen LogP contribution >= 0.6 is 0 Å². The Kier molecular flexibility index (Phi) is 10.2. The molecule has 0 amide bonds. The number of hydrogen-bond donors (Lipinski definition) is 0. The molecule has 0 N–H and O–H groups in total. The summed E-state index contributed by atoms with van der Waals surface area (Å²) in [5.41, 5.74) is 0.576. The molecule has 1 aromatic rings. The Bertz CT molecular complexity index is 756. The molecule has 1 aromatic heterocycles. The molecule has 0 radical (unpaired) electrons. The zero-order valence-corrected chi connectivity index (χ0v) is 23.8. The predicted molar refractivity (Wildman–Crippen MR) is 137 cm³/mol. The highest BCUT2D eigenvalue weighted by atomic mass is 28.4. The first-order valence-corrected chi connectivity index (χ1v) is 17.8. The molecule has 1 aliphatic heterocycles. The van der Waals surface area contributed by atoms with Crippen molar-refractivity contribution < 1.29 is 18.5 Å². The first-order chi connectivity index (χ1) is 15.7. The van der Waals surface area contributed by atoms with E-state index >= 15 is 0 Å². The van der Waals surface area contributed by atoms with Gasteiger partial charge in [-0.15, -0.1) is 0 Å². The second-order valence-electron chi connectivity index (χ2n) is 9.46. The summed E-state index contributed by atoms with van der Waals surface area (Å²) in [7, 11) is -3.87. The van der Waals surface area contributed by atoms with E-state index in [2.05, 4.69) is 53.5 Å².